The van der Waals surface area contributed by atoms with Crippen molar-refractivity contribution in [3.63, 3.8) is 0 Å². The van der Waals surface area contributed by atoms with Crippen LogP contribution >= 0.6 is 11.3 Å². The van der Waals surface area contributed by atoms with Gasteiger partial charge in [-0.1, -0.05) is 6.07 Å². The molecule has 0 bridgehead atoms. The molecule has 1 fully saturated rings. The van der Waals surface area contributed by atoms with E-state index in [1.165, 1.54) is 4.88 Å². The van der Waals surface area contributed by atoms with E-state index in [1.807, 2.05) is 6.07 Å². The van der Waals surface area contributed by atoms with Crippen LogP contribution in [0, 0.1) is 0 Å². The summed E-state index contributed by atoms with van der Waals surface area (Å²) in [6, 6.07) is 6.60. The van der Waals surface area contributed by atoms with Crippen LogP contribution in [0.2, 0.25) is 0 Å². The molecule has 0 amide bonds. The van der Waals surface area contributed by atoms with E-state index in [0.717, 1.165) is 38.4 Å². The van der Waals surface area contributed by atoms with Gasteiger partial charge in [0.15, 0.2) is 0 Å². The third kappa shape index (κ3) is 3.82. The van der Waals surface area contributed by atoms with E-state index in [9.17, 15) is 0 Å². The van der Waals surface area contributed by atoms with Gasteiger partial charge >= 0.3 is 0 Å². The van der Waals surface area contributed by atoms with Crippen molar-refractivity contribution in [2.75, 3.05) is 31.6 Å². The highest BCUT2D eigenvalue weighted by molar-refractivity contribution is 7.10. The molecule has 1 N–H and O–H groups in total. The van der Waals surface area contributed by atoms with Gasteiger partial charge < -0.3 is 15.0 Å². The molecule has 3 heterocycles. The van der Waals surface area contributed by atoms with Crippen molar-refractivity contribution in [3.8, 4) is 0 Å². The molecule has 1 saturated heterocycles. The zero-order valence-corrected chi connectivity index (χ0v) is 13.6. The molecule has 1 aliphatic heterocycles. The van der Waals surface area contributed by atoms with Crippen molar-refractivity contribution in [2.24, 2.45) is 0 Å². The number of nitrogens with one attached hydrogen (secondary N) is 1. The minimum Gasteiger partial charge on any atom is -0.375 e. The number of hydrogen-bond donors (Lipinski definition) is 1. The van der Waals surface area contributed by atoms with Crippen LogP contribution in [0.1, 0.15) is 23.8 Å². The monoisotopic (exact) mass is 318 g/mol. The highest BCUT2D eigenvalue weighted by atomic mass is 32.1. The van der Waals surface area contributed by atoms with E-state index in [2.05, 4.69) is 37.7 Å². The minimum absolute atomic E-state index is 0.149. The molecule has 0 aliphatic carbocycles. The summed E-state index contributed by atoms with van der Waals surface area (Å²) in [5, 5.41) is 5.74. The largest absolute Gasteiger partial charge is 0.375 e. The summed E-state index contributed by atoms with van der Waals surface area (Å²) >= 11 is 1.75. The number of aromatic nitrogens is 2. The summed E-state index contributed by atoms with van der Waals surface area (Å²) in [6.07, 6.45) is 5.97. The minimum atomic E-state index is 0.149. The molecular formula is C16H22N4OS. The van der Waals surface area contributed by atoms with E-state index in [-0.39, 0.29) is 6.10 Å². The molecule has 118 valence electrons. The number of piperidine rings is 1. The van der Waals surface area contributed by atoms with Crippen molar-refractivity contribution < 1.29 is 4.74 Å². The first-order chi connectivity index (χ1) is 10.9. The maximum atomic E-state index is 5.59. The predicted molar refractivity (Wildman–Crippen MR) is 89.3 cm³/mol. The van der Waals surface area contributed by atoms with Crippen LogP contribution in [-0.4, -0.2) is 42.8 Å². The van der Waals surface area contributed by atoms with Crippen molar-refractivity contribution >= 4 is 17.3 Å². The summed E-state index contributed by atoms with van der Waals surface area (Å²) in [7, 11) is 1.78. The fourth-order valence-corrected chi connectivity index (χ4v) is 3.59. The Kier molecular flexibility index (Phi) is 5.37. The lowest BCUT2D eigenvalue weighted by atomic mass is 10.1. The van der Waals surface area contributed by atoms with Crippen molar-refractivity contribution in [2.45, 2.75) is 25.0 Å². The number of thiophene rings is 1. The Morgan fingerprint density at radius 2 is 2.09 bits per heavy atom. The van der Waals surface area contributed by atoms with Crippen LogP contribution in [0.25, 0.3) is 0 Å². The second-order valence-corrected chi connectivity index (χ2v) is 6.44. The zero-order chi connectivity index (χ0) is 15.2. The van der Waals surface area contributed by atoms with Gasteiger partial charge in [0, 0.05) is 50.1 Å². The topological polar surface area (TPSA) is 50.3 Å². The summed E-state index contributed by atoms with van der Waals surface area (Å²) < 4.78 is 5.59. The summed E-state index contributed by atoms with van der Waals surface area (Å²) in [4.78, 5) is 12.2. The molecule has 2 aromatic rings. The molecular weight excluding hydrogens is 296 g/mol. The normalized spacial score (nSPS) is 17.6. The van der Waals surface area contributed by atoms with E-state index in [0.29, 0.717) is 6.04 Å². The average molecular weight is 318 g/mol. The van der Waals surface area contributed by atoms with Crippen LogP contribution in [0.5, 0.6) is 0 Å². The quantitative estimate of drug-likeness (QED) is 0.887. The lowest BCUT2D eigenvalue weighted by Crippen LogP contribution is -2.44. The highest BCUT2D eigenvalue weighted by Crippen LogP contribution is 2.22. The third-order valence-corrected chi connectivity index (χ3v) is 5.03. The Morgan fingerprint density at radius 1 is 1.32 bits per heavy atom. The van der Waals surface area contributed by atoms with E-state index >= 15 is 0 Å². The third-order valence-electron chi connectivity index (χ3n) is 4.07. The van der Waals surface area contributed by atoms with Crippen molar-refractivity contribution in [1.82, 2.24) is 15.3 Å². The van der Waals surface area contributed by atoms with Crippen LogP contribution in [-0.2, 0) is 4.74 Å². The number of anilines is 1. The standard InChI is InChI=1S/C16H22N4OS/c1-21-14(15-4-2-11-22-15)12-19-13-5-9-20(10-6-13)16-17-7-3-8-18-16/h2-4,7-8,11,13-14,19H,5-6,9-10,12H2,1H3. The summed E-state index contributed by atoms with van der Waals surface area (Å²) in [5.41, 5.74) is 0. The van der Waals surface area contributed by atoms with Crippen LogP contribution < -0.4 is 10.2 Å². The van der Waals surface area contributed by atoms with Crippen LogP contribution in [0.15, 0.2) is 36.0 Å². The highest BCUT2D eigenvalue weighted by Gasteiger charge is 2.21. The molecule has 1 aliphatic rings. The molecule has 0 saturated carbocycles. The first-order valence-corrected chi connectivity index (χ1v) is 8.56. The molecule has 5 nitrogen and oxygen atoms in total. The van der Waals surface area contributed by atoms with Gasteiger partial charge in [0.2, 0.25) is 5.95 Å². The Balaban J connectivity index is 1.46. The maximum Gasteiger partial charge on any atom is 0.225 e. The zero-order valence-electron chi connectivity index (χ0n) is 12.8. The smallest absolute Gasteiger partial charge is 0.225 e. The van der Waals surface area contributed by atoms with E-state index < -0.39 is 0 Å². The van der Waals surface area contributed by atoms with Crippen molar-refractivity contribution in [3.05, 3.63) is 40.8 Å². The number of nitrogens with zero attached hydrogens (tertiary/aromatic N) is 3. The number of hydrogen-bond acceptors (Lipinski definition) is 6. The molecule has 22 heavy (non-hydrogen) atoms. The second-order valence-electron chi connectivity index (χ2n) is 5.46. The SMILES string of the molecule is COC(CNC1CCN(c2ncccn2)CC1)c1cccs1. The lowest BCUT2D eigenvalue weighted by molar-refractivity contribution is 0.101. The van der Waals surface area contributed by atoms with Gasteiger partial charge in [-0.2, -0.15) is 0 Å². The Morgan fingerprint density at radius 3 is 2.73 bits per heavy atom. The second kappa shape index (κ2) is 7.67. The Bertz CT molecular complexity index is 541. The van der Waals surface area contributed by atoms with Gasteiger partial charge in [-0.05, 0) is 30.4 Å². The number of ether oxygens (including phenoxy) is 1. The maximum absolute atomic E-state index is 5.59. The summed E-state index contributed by atoms with van der Waals surface area (Å²) in [6.45, 7) is 2.86. The van der Waals surface area contributed by atoms with E-state index in [1.54, 1.807) is 30.8 Å². The van der Waals surface area contributed by atoms with Gasteiger partial charge in [0.1, 0.15) is 6.10 Å². The molecule has 6 heteroatoms. The lowest BCUT2D eigenvalue weighted by Gasteiger charge is -2.33. The molecule has 2 aromatic heterocycles. The van der Waals surface area contributed by atoms with Crippen molar-refractivity contribution in [1.29, 1.82) is 0 Å². The van der Waals surface area contributed by atoms with Gasteiger partial charge in [-0.3, -0.25) is 0 Å². The molecule has 0 aromatic carbocycles. The van der Waals surface area contributed by atoms with Gasteiger partial charge in [-0.25, -0.2) is 9.97 Å². The fourth-order valence-electron chi connectivity index (χ4n) is 2.79. The number of rotatable bonds is 6. The van der Waals surface area contributed by atoms with Crippen LogP contribution in [0.4, 0.5) is 5.95 Å². The fraction of sp³-hybridized carbons (Fsp3) is 0.500. The average Bonchev–Trinajstić information content (AvgIpc) is 3.11. The Hall–Kier alpha value is -1.50. The van der Waals surface area contributed by atoms with Gasteiger partial charge in [0.25, 0.3) is 0 Å². The first kappa shape index (κ1) is 15.4. The molecule has 0 spiro atoms. The molecule has 1 atom stereocenters. The molecule has 0 radical (unpaired) electrons. The van der Waals surface area contributed by atoms with E-state index in [4.69, 9.17) is 4.74 Å². The Labute approximate surface area is 135 Å². The molecule has 1 unspecified atom stereocenters. The number of methoxy groups -OCH3 is 1. The van der Waals surface area contributed by atoms with Gasteiger partial charge in [0.05, 0.1) is 0 Å². The first-order valence-electron chi connectivity index (χ1n) is 7.68. The predicted octanol–water partition coefficient (Wildman–Crippen LogP) is 2.48. The van der Waals surface area contributed by atoms with Crippen LogP contribution in [0.3, 0.4) is 0 Å². The molecule has 3 rings (SSSR count). The van der Waals surface area contributed by atoms with Gasteiger partial charge in [-0.15, -0.1) is 11.3 Å². The summed E-state index contributed by atoms with van der Waals surface area (Å²) in [5.74, 6) is 0.842.